The van der Waals surface area contributed by atoms with Gasteiger partial charge in [0.1, 0.15) is 19.0 Å². The molecule has 0 bridgehead atoms. The summed E-state index contributed by atoms with van der Waals surface area (Å²) in [5.41, 5.74) is 1.17. The van der Waals surface area contributed by atoms with E-state index < -0.39 is 0 Å². The summed E-state index contributed by atoms with van der Waals surface area (Å²) in [6.07, 6.45) is 6.02. The van der Waals surface area contributed by atoms with E-state index in [-0.39, 0.29) is 0 Å². The van der Waals surface area contributed by atoms with Gasteiger partial charge in [-0.1, -0.05) is 6.07 Å². The van der Waals surface area contributed by atoms with E-state index in [1.807, 2.05) is 25.4 Å². The van der Waals surface area contributed by atoms with Gasteiger partial charge in [-0.2, -0.15) is 0 Å². The van der Waals surface area contributed by atoms with Gasteiger partial charge in [-0.25, -0.2) is 4.98 Å². The van der Waals surface area contributed by atoms with Crippen molar-refractivity contribution in [2.24, 2.45) is 4.99 Å². The number of aryl methyl sites for hydroxylation is 2. The number of benzene rings is 1. The number of fused-ring (bicyclic) bond motifs is 1. The molecule has 152 valence electrons. The Balaban J connectivity index is 1.51. The largest absolute Gasteiger partial charge is 0.486 e. The number of guanidine groups is 1. The second kappa shape index (κ2) is 10.0. The van der Waals surface area contributed by atoms with Gasteiger partial charge in [0, 0.05) is 45.6 Å². The van der Waals surface area contributed by atoms with Crippen LogP contribution >= 0.6 is 0 Å². The number of nitrogens with zero attached hydrogens (tertiary/aromatic N) is 4. The second-order valence-corrected chi connectivity index (χ2v) is 6.94. The first-order chi connectivity index (χ1) is 13.7. The SMILES string of the molecule is CCNC(=NCCCCn1ccnc1C)N(C)Cc1ccc2c(c1)OCCO2. The normalized spacial score (nSPS) is 13.5. The highest BCUT2D eigenvalue weighted by Gasteiger charge is 2.13. The smallest absolute Gasteiger partial charge is 0.193 e. The number of aliphatic imine (C=N–C) groups is 1. The summed E-state index contributed by atoms with van der Waals surface area (Å²) in [6.45, 7) is 8.75. The molecule has 28 heavy (non-hydrogen) atoms. The van der Waals surface area contributed by atoms with Crippen LogP contribution in [0.25, 0.3) is 0 Å². The Morgan fingerprint density at radius 2 is 2.07 bits per heavy atom. The maximum atomic E-state index is 5.69. The third-order valence-electron chi connectivity index (χ3n) is 4.72. The van der Waals surface area contributed by atoms with Gasteiger partial charge in [-0.15, -0.1) is 0 Å². The molecule has 1 aromatic carbocycles. The first kappa shape index (κ1) is 20.0. The molecule has 1 aliphatic rings. The molecule has 0 unspecified atom stereocenters. The quantitative estimate of drug-likeness (QED) is 0.430. The minimum absolute atomic E-state index is 0.606. The zero-order valence-electron chi connectivity index (χ0n) is 17.1. The van der Waals surface area contributed by atoms with Gasteiger partial charge in [0.2, 0.25) is 0 Å². The summed E-state index contributed by atoms with van der Waals surface area (Å²) in [4.78, 5) is 11.2. The van der Waals surface area contributed by atoms with Gasteiger partial charge in [-0.05, 0) is 44.4 Å². The van der Waals surface area contributed by atoms with Gasteiger partial charge in [-0.3, -0.25) is 4.99 Å². The number of rotatable bonds is 8. The molecule has 7 nitrogen and oxygen atoms in total. The highest BCUT2D eigenvalue weighted by Crippen LogP contribution is 2.31. The lowest BCUT2D eigenvalue weighted by Gasteiger charge is -2.24. The Bertz CT molecular complexity index is 787. The van der Waals surface area contributed by atoms with E-state index in [2.05, 4.69) is 45.9 Å². The molecule has 0 saturated heterocycles. The molecular formula is C21H31N5O2. The molecular weight excluding hydrogens is 354 g/mol. The van der Waals surface area contributed by atoms with E-state index in [9.17, 15) is 0 Å². The van der Waals surface area contributed by atoms with Gasteiger partial charge in [0.05, 0.1) is 0 Å². The van der Waals surface area contributed by atoms with Crippen molar-refractivity contribution in [3.8, 4) is 11.5 Å². The van der Waals surface area contributed by atoms with E-state index in [1.54, 1.807) is 0 Å². The Labute approximate surface area is 167 Å². The molecule has 1 aromatic heterocycles. The van der Waals surface area contributed by atoms with Crippen LogP contribution in [0.2, 0.25) is 0 Å². The average molecular weight is 386 g/mol. The summed E-state index contributed by atoms with van der Waals surface area (Å²) < 4.78 is 13.5. The number of unbranched alkanes of at least 4 members (excludes halogenated alkanes) is 1. The predicted molar refractivity (Wildman–Crippen MR) is 111 cm³/mol. The van der Waals surface area contributed by atoms with Crippen LogP contribution in [0.3, 0.4) is 0 Å². The van der Waals surface area contributed by atoms with Crippen LogP contribution < -0.4 is 14.8 Å². The Morgan fingerprint density at radius 1 is 1.25 bits per heavy atom. The molecule has 0 amide bonds. The van der Waals surface area contributed by atoms with E-state index in [0.29, 0.717) is 13.2 Å². The molecule has 3 rings (SSSR count). The van der Waals surface area contributed by atoms with Crippen molar-refractivity contribution < 1.29 is 9.47 Å². The highest BCUT2D eigenvalue weighted by atomic mass is 16.6. The van der Waals surface area contributed by atoms with Crippen molar-refractivity contribution >= 4 is 5.96 Å². The number of nitrogens with one attached hydrogen (secondary N) is 1. The molecule has 0 atom stereocenters. The number of hydrogen-bond donors (Lipinski definition) is 1. The van der Waals surface area contributed by atoms with Crippen LogP contribution in [0.15, 0.2) is 35.6 Å². The molecule has 1 N–H and O–H groups in total. The van der Waals surface area contributed by atoms with Crippen LogP contribution in [0.5, 0.6) is 11.5 Å². The molecule has 2 heterocycles. The van der Waals surface area contributed by atoms with Gasteiger partial charge in [0.15, 0.2) is 17.5 Å². The Hall–Kier alpha value is -2.70. The van der Waals surface area contributed by atoms with Crippen molar-refractivity contribution in [3.63, 3.8) is 0 Å². The minimum Gasteiger partial charge on any atom is -0.486 e. The number of ether oxygens (including phenoxy) is 2. The predicted octanol–water partition coefficient (Wildman–Crippen LogP) is 2.84. The molecule has 0 aliphatic carbocycles. The highest BCUT2D eigenvalue weighted by molar-refractivity contribution is 5.79. The lowest BCUT2D eigenvalue weighted by Crippen LogP contribution is -2.38. The maximum absolute atomic E-state index is 5.69. The molecule has 0 saturated carbocycles. The molecule has 0 radical (unpaired) electrons. The fourth-order valence-corrected chi connectivity index (χ4v) is 3.22. The zero-order valence-corrected chi connectivity index (χ0v) is 17.1. The van der Waals surface area contributed by atoms with Crippen molar-refractivity contribution in [1.82, 2.24) is 19.8 Å². The Kier molecular flexibility index (Phi) is 7.17. The zero-order chi connectivity index (χ0) is 19.8. The number of imidazole rings is 1. The summed E-state index contributed by atoms with van der Waals surface area (Å²) >= 11 is 0. The minimum atomic E-state index is 0.606. The summed E-state index contributed by atoms with van der Waals surface area (Å²) in [5.74, 6) is 3.65. The van der Waals surface area contributed by atoms with Crippen molar-refractivity contribution in [1.29, 1.82) is 0 Å². The monoisotopic (exact) mass is 385 g/mol. The summed E-state index contributed by atoms with van der Waals surface area (Å²) in [7, 11) is 2.06. The first-order valence-corrected chi connectivity index (χ1v) is 10.0. The molecule has 0 fully saturated rings. The van der Waals surface area contributed by atoms with Crippen LogP contribution in [-0.2, 0) is 13.1 Å². The van der Waals surface area contributed by atoms with E-state index in [1.165, 1.54) is 5.56 Å². The van der Waals surface area contributed by atoms with Crippen LogP contribution in [0, 0.1) is 6.92 Å². The first-order valence-electron chi connectivity index (χ1n) is 10.0. The van der Waals surface area contributed by atoms with Crippen molar-refractivity contribution in [2.45, 2.75) is 39.8 Å². The van der Waals surface area contributed by atoms with E-state index in [4.69, 9.17) is 14.5 Å². The van der Waals surface area contributed by atoms with Crippen LogP contribution in [-0.4, -0.2) is 53.8 Å². The third-order valence-corrected chi connectivity index (χ3v) is 4.72. The number of hydrogen-bond acceptors (Lipinski definition) is 4. The van der Waals surface area contributed by atoms with Crippen LogP contribution in [0.1, 0.15) is 31.2 Å². The third kappa shape index (κ3) is 5.41. The lowest BCUT2D eigenvalue weighted by molar-refractivity contribution is 0.171. The maximum Gasteiger partial charge on any atom is 0.193 e. The second-order valence-electron chi connectivity index (χ2n) is 6.94. The molecule has 2 aromatic rings. The molecule has 1 aliphatic heterocycles. The van der Waals surface area contributed by atoms with Gasteiger partial charge < -0.3 is 24.3 Å². The van der Waals surface area contributed by atoms with Gasteiger partial charge >= 0.3 is 0 Å². The van der Waals surface area contributed by atoms with Gasteiger partial charge in [0.25, 0.3) is 0 Å². The van der Waals surface area contributed by atoms with Crippen molar-refractivity contribution in [2.75, 3.05) is 33.4 Å². The fourth-order valence-electron chi connectivity index (χ4n) is 3.22. The lowest BCUT2D eigenvalue weighted by atomic mass is 10.2. The van der Waals surface area contributed by atoms with Crippen LogP contribution in [0.4, 0.5) is 0 Å². The van der Waals surface area contributed by atoms with E-state index >= 15 is 0 Å². The topological polar surface area (TPSA) is 63.9 Å². The number of aromatic nitrogens is 2. The Morgan fingerprint density at radius 3 is 2.82 bits per heavy atom. The fraction of sp³-hybridized carbons (Fsp3) is 0.524. The molecule has 7 heteroatoms. The average Bonchev–Trinajstić information content (AvgIpc) is 3.11. The standard InChI is InChI=1S/C21H31N5O2/c1-4-22-21(24-9-5-6-11-26-12-10-23-17(26)2)25(3)16-18-7-8-19-20(15-18)28-14-13-27-19/h7-8,10,12,15H,4-6,9,11,13-14,16H2,1-3H3,(H,22,24). The summed E-state index contributed by atoms with van der Waals surface area (Å²) in [6, 6.07) is 6.13. The molecule has 0 spiro atoms. The summed E-state index contributed by atoms with van der Waals surface area (Å²) in [5, 5.41) is 3.38. The van der Waals surface area contributed by atoms with E-state index in [0.717, 1.165) is 62.3 Å². The van der Waals surface area contributed by atoms with Crippen molar-refractivity contribution in [3.05, 3.63) is 42.0 Å².